The minimum Gasteiger partial charge on any atom is -0.481 e. The Bertz CT molecular complexity index is 522. The van der Waals surface area contributed by atoms with Gasteiger partial charge in [-0.3, -0.25) is 4.79 Å². The molecule has 2 N–H and O–H groups in total. The zero-order chi connectivity index (χ0) is 14.5. The average molecular weight is 285 g/mol. The SMILES string of the molecule is CCc1ccc(C(C)NS(=O)(=O)CCC(=O)O)cc1. The van der Waals surface area contributed by atoms with Gasteiger partial charge in [0.1, 0.15) is 0 Å². The highest BCUT2D eigenvalue weighted by Crippen LogP contribution is 2.15. The van der Waals surface area contributed by atoms with Crippen molar-refractivity contribution in [1.29, 1.82) is 0 Å². The first-order chi connectivity index (χ1) is 8.84. The number of carboxylic acid groups (broad SMARTS) is 1. The molecule has 0 saturated heterocycles. The van der Waals surface area contributed by atoms with E-state index in [1.54, 1.807) is 6.92 Å². The van der Waals surface area contributed by atoms with Crippen molar-refractivity contribution in [2.45, 2.75) is 32.7 Å². The fraction of sp³-hybridized carbons (Fsp3) is 0.462. The predicted octanol–water partition coefficient (Wildman–Crippen LogP) is 1.70. The molecule has 6 heteroatoms. The molecule has 1 aromatic carbocycles. The van der Waals surface area contributed by atoms with Crippen LogP contribution >= 0.6 is 0 Å². The second-order valence-corrected chi connectivity index (χ2v) is 6.27. The van der Waals surface area contributed by atoms with Crippen LogP contribution in [0, 0.1) is 0 Å². The molecule has 0 saturated carbocycles. The van der Waals surface area contributed by atoms with Crippen LogP contribution in [0.15, 0.2) is 24.3 Å². The van der Waals surface area contributed by atoms with Crippen molar-refractivity contribution in [3.05, 3.63) is 35.4 Å². The second kappa shape index (κ2) is 6.68. The minimum absolute atomic E-state index is 0.371. The van der Waals surface area contributed by atoms with Gasteiger partial charge in [0.2, 0.25) is 10.0 Å². The van der Waals surface area contributed by atoms with Crippen LogP contribution in [-0.2, 0) is 21.2 Å². The summed E-state index contributed by atoms with van der Waals surface area (Å²) in [5.74, 6) is -1.52. The number of hydrogen-bond acceptors (Lipinski definition) is 3. The number of aryl methyl sites for hydroxylation is 1. The zero-order valence-electron chi connectivity index (χ0n) is 11.1. The summed E-state index contributed by atoms with van der Waals surface area (Å²) < 4.78 is 25.8. The third-order valence-corrected chi connectivity index (χ3v) is 4.28. The van der Waals surface area contributed by atoms with E-state index < -0.39 is 28.2 Å². The van der Waals surface area contributed by atoms with Gasteiger partial charge in [0.15, 0.2) is 0 Å². The van der Waals surface area contributed by atoms with Gasteiger partial charge in [-0.05, 0) is 24.5 Å². The highest BCUT2D eigenvalue weighted by molar-refractivity contribution is 7.89. The summed E-state index contributed by atoms with van der Waals surface area (Å²) in [5.41, 5.74) is 2.04. The van der Waals surface area contributed by atoms with E-state index >= 15 is 0 Å². The molecule has 0 amide bonds. The molecule has 0 aliphatic rings. The van der Waals surface area contributed by atoms with E-state index in [1.807, 2.05) is 31.2 Å². The Morgan fingerprint density at radius 3 is 2.37 bits per heavy atom. The number of hydrogen-bond donors (Lipinski definition) is 2. The van der Waals surface area contributed by atoms with E-state index in [9.17, 15) is 13.2 Å². The molecule has 1 unspecified atom stereocenters. The van der Waals surface area contributed by atoms with Crippen molar-refractivity contribution in [3.8, 4) is 0 Å². The monoisotopic (exact) mass is 285 g/mol. The van der Waals surface area contributed by atoms with Gasteiger partial charge in [0, 0.05) is 6.04 Å². The highest BCUT2D eigenvalue weighted by Gasteiger charge is 2.17. The first-order valence-corrected chi connectivity index (χ1v) is 7.80. The van der Waals surface area contributed by atoms with E-state index in [0.29, 0.717) is 0 Å². The Morgan fingerprint density at radius 1 is 1.32 bits per heavy atom. The van der Waals surface area contributed by atoms with Crippen LogP contribution in [0.2, 0.25) is 0 Å². The quantitative estimate of drug-likeness (QED) is 0.798. The Labute approximate surface area is 113 Å². The molecule has 0 aliphatic heterocycles. The normalized spacial score (nSPS) is 13.2. The third-order valence-electron chi connectivity index (χ3n) is 2.83. The first-order valence-electron chi connectivity index (χ1n) is 6.14. The van der Waals surface area contributed by atoms with Gasteiger partial charge < -0.3 is 5.11 Å². The molecule has 0 bridgehead atoms. The Kier molecular flexibility index (Phi) is 5.50. The summed E-state index contributed by atoms with van der Waals surface area (Å²) in [4.78, 5) is 10.4. The maximum atomic E-state index is 11.7. The lowest BCUT2D eigenvalue weighted by molar-refractivity contribution is -0.136. The van der Waals surface area contributed by atoms with Crippen LogP contribution in [0.1, 0.15) is 37.4 Å². The topological polar surface area (TPSA) is 83.5 Å². The molecule has 1 rings (SSSR count). The molecule has 0 aromatic heterocycles. The number of sulfonamides is 1. The summed E-state index contributed by atoms with van der Waals surface area (Å²) >= 11 is 0. The van der Waals surface area contributed by atoms with E-state index in [1.165, 1.54) is 5.56 Å². The second-order valence-electron chi connectivity index (χ2n) is 4.40. The van der Waals surface area contributed by atoms with Crippen molar-refractivity contribution in [1.82, 2.24) is 4.72 Å². The van der Waals surface area contributed by atoms with Crippen molar-refractivity contribution >= 4 is 16.0 Å². The van der Waals surface area contributed by atoms with Gasteiger partial charge >= 0.3 is 5.97 Å². The molecule has 0 fully saturated rings. The molecule has 19 heavy (non-hydrogen) atoms. The lowest BCUT2D eigenvalue weighted by Crippen LogP contribution is -2.30. The van der Waals surface area contributed by atoms with Crippen molar-refractivity contribution in [2.24, 2.45) is 0 Å². The van der Waals surface area contributed by atoms with Gasteiger partial charge in [0.05, 0.1) is 12.2 Å². The van der Waals surface area contributed by atoms with Crippen molar-refractivity contribution in [2.75, 3.05) is 5.75 Å². The van der Waals surface area contributed by atoms with Crippen LogP contribution in [-0.4, -0.2) is 25.2 Å². The fourth-order valence-electron chi connectivity index (χ4n) is 1.66. The van der Waals surface area contributed by atoms with Gasteiger partial charge in [-0.2, -0.15) is 0 Å². The molecule has 0 heterocycles. The molecule has 1 aromatic rings. The Balaban J connectivity index is 2.67. The van der Waals surface area contributed by atoms with Crippen LogP contribution < -0.4 is 4.72 Å². The molecule has 0 aliphatic carbocycles. The minimum atomic E-state index is -3.57. The molecule has 1 atom stereocenters. The summed E-state index contributed by atoms with van der Waals surface area (Å²) in [6.45, 7) is 3.78. The lowest BCUT2D eigenvalue weighted by atomic mass is 10.1. The summed E-state index contributed by atoms with van der Waals surface area (Å²) in [7, 11) is -3.57. The number of nitrogens with one attached hydrogen (secondary N) is 1. The molecule has 0 radical (unpaired) electrons. The smallest absolute Gasteiger partial charge is 0.304 e. The van der Waals surface area contributed by atoms with Crippen LogP contribution in [0.3, 0.4) is 0 Å². The number of carbonyl (C=O) groups is 1. The van der Waals surface area contributed by atoms with Crippen LogP contribution in [0.4, 0.5) is 0 Å². The third kappa shape index (κ3) is 5.40. The van der Waals surface area contributed by atoms with Gasteiger partial charge in [-0.1, -0.05) is 31.2 Å². The Morgan fingerprint density at radius 2 is 1.89 bits per heavy atom. The summed E-state index contributed by atoms with van der Waals surface area (Å²) in [6, 6.07) is 7.30. The summed E-state index contributed by atoms with van der Waals surface area (Å²) in [5, 5.41) is 8.49. The van der Waals surface area contributed by atoms with Crippen LogP contribution in [0.5, 0.6) is 0 Å². The maximum Gasteiger partial charge on any atom is 0.304 e. The predicted molar refractivity (Wildman–Crippen MR) is 73.4 cm³/mol. The van der Waals surface area contributed by atoms with Crippen molar-refractivity contribution in [3.63, 3.8) is 0 Å². The van der Waals surface area contributed by atoms with E-state index in [0.717, 1.165) is 12.0 Å². The van der Waals surface area contributed by atoms with Gasteiger partial charge in [-0.15, -0.1) is 0 Å². The van der Waals surface area contributed by atoms with Crippen molar-refractivity contribution < 1.29 is 18.3 Å². The number of benzene rings is 1. The fourth-order valence-corrected chi connectivity index (χ4v) is 2.90. The number of rotatable bonds is 7. The van der Waals surface area contributed by atoms with E-state index in [2.05, 4.69) is 4.72 Å². The number of carboxylic acids is 1. The molecular weight excluding hydrogens is 266 g/mol. The zero-order valence-corrected chi connectivity index (χ0v) is 11.9. The Hall–Kier alpha value is -1.40. The maximum absolute atomic E-state index is 11.7. The number of aliphatic carboxylic acids is 1. The van der Waals surface area contributed by atoms with E-state index in [4.69, 9.17) is 5.11 Å². The molecule has 0 spiro atoms. The molecule has 106 valence electrons. The van der Waals surface area contributed by atoms with Gasteiger partial charge in [-0.25, -0.2) is 13.1 Å². The standard InChI is InChI=1S/C13H19NO4S/c1-3-11-4-6-12(7-5-11)10(2)14-19(17,18)9-8-13(15)16/h4-7,10,14H,3,8-9H2,1-2H3,(H,15,16). The van der Waals surface area contributed by atoms with Crippen LogP contribution in [0.25, 0.3) is 0 Å². The average Bonchev–Trinajstić information content (AvgIpc) is 2.36. The highest BCUT2D eigenvalue weighted by atomic mass is 32.2. The van der Waals surface area contributed by atoms with E-state index in [-0.39, 0.29) is 6.04 Å². The molecular formula is C13H19NO4S. The largest absolute Gasteiger partial charge is 0.481 e. The lowest BCUT2D eigenvalue weighted by Gasteiger charge is -2.14. The van der Waals surface area contributed by atoms with Gasteiger partial charge in [0.25, 0.3) is 0 Å². The summed E-state index contributed by atoms with van der Waals surface area (Å²) in [6.07, 6.45) is 0.538. The first kappa shape index (κ1) is 15.7. The molecule has 5 nitrogen and oxygen atoms in total.